The Hall–Kier alpha value is -2.70. The number of amides is 1. The summed E-state index contributed by atoms with van der Waals surface area (Å²) in [4.78, 5) is 15.2. The summed E-state index contributed by atoms with van der Waals surface area (Å²) in [6.45, 7) is 5.08. The fourth-order valence-corrected chi connectivity index (χ4v) is 2.62. The van der Waals surface area contributed by atoms with Crippen LogP contribution in [0.5, 0.6) is 0 Å². The van der Waals surface area contributed by atoms with Crippen LogP contribution in [0.15, 0.2) is 24.5 Å². The lowest BCUT2D eigenvalue weighted by Crippen LogP contribution is -2.26. The summed E-state index contributed by atoms with van der Waals surface area (Å²) in [5, 5.41) is 11.6. The molecule has 1 aromatic carbocycles. The number of halogens is 1. The van der Waals surface area contributed by atoms with Gasteiger partial charge in [-0.25, -0.2) is 4.39 Å². The average molecular weight is 315 g/mol. The molecule has 0 fully saturated rings. The van der Waals surface area contributed by atoms with Crippen molar-refractivity contribution in [2.24, 2.45) is 0 Å². The molecule has 0 radical (unpaired) electrons. The minimum atomic E-state index is -0.317. The lowest BCUT2D eigenvalue weighted by atomic mass is 10.1. The Balaban J connectivity index is 1.68. The van der Waals surface area contributed by atoms with Gasteiger partial charge in [0.25, 0.3) is 5.91 Å². The van der Waals surface area contributed by atoms with E-state index in [1.54, 1.807) is 12.4 Å². The summed E-state index contributed by atoms with van der Waals surface area (Å²) >= 11 is 0. The van der Waals surface area contributed by atoms with E-state index in [1.165, 1.54) is 12.1 Å². The summed E-state index contributed by atoms with van der Waals surface area (Å²) in [6.07, 6.45) is 2.28. The first-order chi connectivity index (χ1) is 11.1. The van der Waals surface area contributed by atoms with Gasteiger partial charge in [-0.3, -0.25) is 4.79 Å². The van der Waals surface area contributed by atoms with Gasteiger partial charge in [0.2, 0.25) is 0 Å². The molecule has 0 unspecified atom stereocenters. The number of fused-ring (bicyclic) bond motifs is 1. The van der Waals surface area contributed by atoms with Crippen LogP contribution in [0.1, 0.15) is 28.8 Å². The highest BCUT2D eigenvalue weighted by atomic mass is 19.1. The molecule has 0 bridgehead atoms. The average Bonchev–Trinajstić information content (AvgIpc) is 3.13. The molecule has 0 saturated heterocycles. The zero-order valence-electron chi connectivity index (χ0n) is 13.1. The van der Waals surface area contributed by atoms with E-state index in [2.05, 4.69) is 20.5 Å². The Bertz CT molecular complexity index is 851. The number of benzene rings is 1. The van der Waals surface area contributed by atoms with E-state index in [1.807, 2.05) is 18.4 Å². The van der Waals surface area contributed by atoms with Crippen molar-refractivity contribution < 1.29 is 9.18 Å². The molecule has 0 aliphatic carbocycles. The number of nitrogens with one attached hydrogen (secondary N) is 2. The lowest BCUT2D eigenvalue weighted by Gasteiger charge is -2.04. The Labute approximate surface area is 132 Å². The van der Waals surface area contributed by atoms with Gasteiger partial charge in [-0.2, -0.15) is 0 Å². The predicted octanol–water partition coefficient (Wildman–Crippen LogP) is 2.20. The summed E-state index contributed by atoms with van der Waals surface area (Å²) in [5.74, 6) is 0.300. The van der Waals surface area contributed by atoms with E-state index in [9.17, 15) is 9.18 Å². The maximum Gasteiger partial charge on any atom is 0.267 e. The Kier molecular flexibility index (Phi) is 4.10. The summed E-state index contributed by atoms with van der Waals surface area (Å²) in [6, 6.07) is 4.59. The highest BCUT2D eigenvalue weighted by Gasteiger charge is 2.12. The van der Waals surface area contributed by atoms with Gasteiger partial charge in [0, 0.05) is 30.4 Å². The zero-order valence-corrected chi connectivity index (χ0v) is 13.1. The third-order valence-corrected chi connectivity index (χ3v) is 3.82. The van der Waals surface area contributed by atoms with Crippen LogP contribution in [0.25, 0.3) is 10.9 Å². The molecule has 0 aliphatic heterocycles. The van der Waals surface area contributed by atoms with Gasteiger partial charge in [-0.1, -0.05) is 0 Å². The number of aromatic amines is 1. The molecule has 23 heavy (non-hydrogen) atoms. The van der Waals surface area contributed by atoms with Crippen LogP contribution >= 0.6 is 0 Å². The topological polar surface area (TPSA) is 75.6 Å². The molecule has 0 saturated carbocycles. The molecule has 3 aromatic rings. The van der Waals surface area contributed by atoms with Gasteiger partial charge in [0.1, 0.15) is 23.7 Å². The van der Waals surface area contributed by atoms with Crippen LogP contribution < -0.4 is 5.32 Å². The van der Waals surface area contributed by atoms with E-state index < -0.39 is 0 Å². The molecule has 7 heteroatoms. The second kappa shape index (κ2) is 6.20. The van der Waals surface area contributed by atoms with Gasteiger partial charge in [0.15, 0.2) is 0 Å². The van der Waals surface area contributed by atoms with Crippen LogP contribution in [-0.4, -0.2) is 32.2 Å². The molecular weight excluding hydrogens is 297 g/mol. The first-order valence-corrected chi connectivity index (χ1v) is 7.52. The highest BCUT2D eigenvalue weighted by Crippen LogP contribution is 2.21. The fourth-order valence-electron chi connectivity index (χ4n) is 2.62. The minimum Gasteiger partial charge on any atom is -0.350 e. The van der Waals surface area contributed by atoms with Crippen molar-refractivity contribution in [3.8, 4) is 0 Å². The molecule has 0 aliphatic rings. The Morgan fingerprint density at radius 3 is 3.00 bits per heavy atom. The number of aryl methyl sites for hydroxylation is 2. The number of rotatable bonds is 5. The Morgan fingerprint density at radius 1 is 1.39 bits per heavy atom. The number of hydrogen-bond donors (Lipinski definition) is 2. The first kappa shape index (κ1) is 15.2. The van der Waals surface area contributed by atoms with Crippen molar-refractivity contribution in [3.63, 3.8) is 0 Å². The first-order valence-electron chi connectivity index (χ1n) is 7.52. The number of nitrogens with zero attached hydrogens (tertiary/aromatic N) is 3. The molecule has 2 aromatic heterocycles. The second-order valence-corrected chi connectivity index (χ2v) is 5.41. The van der Waals surface area contributed by atoms with Gasteiger partial charge in [0.05, 0.1) is 0 Å². The number of carbonyl (C=O) groups is 1. The Morgan fingerprint density at radius 2 is 2.22 bits per heavy atom. The molecular formula is C16H18FN5O. The van der Waals surface area contributed by atoms with E-state index in [0.29, 0.717) is 24.2 Å². The molecule has 0 spiro atoms. The van der Waals surface area contributed by atoms with Gasteiger partial charge in [-0.05, 0) is 37.6 Å². The van der Waals surface area contributed by atoms with Gasteiger partial charge in [-0.15, -0.1) is 10.2 Å². The van der Waals surface area contributed by atoms with E-state index >= 15 is 0 Å². The van der Waals surface area contributed by atoms with Gasteiger partial charge < -0.3 is 14.9 Å². The maximum atomic E-state index is 13.4. The molecule has 120 valence electrons. The number of hydrogen-bond acceptors (Lipinski definition) is 3. The van der Waals surface area contributed by atoms with Crippen LogP contribution in [0.2, 0.25) is 0 Å². The predicted molar refractivity (Wildman–Crippen MR) is 84.7 cm³/mol. The summed E-state index contributed by atoms with van der Waals surface area (Å²) in [5.41, 5.74) is 1.84. The van der Waals surface area contributed by atoms with Crippen molar-refractivity contribution in [1.82, 2.24) is 25.1 Å². The van der Waals surface area contributed by atoms with Crippen LogP contribution in [0.3, 0.4) is 0 Å². The highest BCUT2D eigenvalue weighted by molar-refractivity contribution is 5.98. The number of H-pyrrole nitrogens is 1. The van der Waals surface area contributed by atoms with Crippen molar-refractivity contribution in [2.75, 3.05) is 6.54 Å². The summed E-state index contributed by atoms with van der Waals surface area (Å²) in [7, 11) is 0. The van der Waals surface area contributed by atoms with Crippen LogP contribution in [0.4, 0.5) is 4.39 Å². The van der Waals surface area contributed by atoms with Crippen molar-refractivity contribution in [2.45, 2.75) is 26.8 Å². The third-order valence-electron chi connectivity index (χ3n) is 3.82. The monoisotopic (exact) mass is 315 g/mol. The smallest absolute Gasteiger partial charge is 0.267 e. The largest absolute Gasteiger partial charge is 0.350 e. The van der Waals surface area contributed by atoms with E-state index in [4.69, 9.17) is 0 Å². The van der Waals surface area contributed by atoms with Crippen molar-refractivity contribution in [1.29, 1.82) is 0 Å². The van der Waals surface area contributed by atoms with Crippen LogP contribution in [0, 0.1) is 12.7 Å². The van der Waals surface area contributed by atoms with Crippen LogP contribution in [-0.2, 0) is 13.0 Å². The SMILES string of the molecule is CCn1cnnc1CCNC(=O)c1cc2c(C)cc(F)cc2[nH]1. The summed E-state index contributed by atoms with van der Waals surface area (Å²) < 4.78 is 15.3. The number of carbonyl (C=O) groups excluding carboxylic acids is 1. The van der Waals surface area contributed by atoms with Crippen molar-refractivity contribution in [3.05, 3.63) is 47.4 Å². The molecule has 3 rings (SSSR count). The van der Waals surface area contributed by atoms with Gasteiger partial charge >= 0.3 is 0 Å². The zero-order chi connectivity index (χ0) is 16.4. The third kappa shape index (κ3) is 3.08. The maximum absolute atomic E-state index is 13.4. The molecule has 2 heterocycles. The fraction of sp³-hybridized carbons (Fsp3) is 0.312. The second-order valence-electron chi connectivity index (χ2n) is 5.41. The normalized spacial score (nSPS) is 11.1. The standard InChI is InChI=1S/C16H18FN5O/c1-3-22-9-19-21-15(22)4-5-18-16(23)14-8-12-10(2)6-11(17)7-13(12)20-14/h6-9,20H,3-5H2,1-2H3,(H,18,23). The quantitative estimate of drug-likeness (QED) is 0.758. The van der Waals surface area contributed by atoms with Crippen molar-refractivity contribution >= 4 is 16.8 Å². The number of aromatic nitrogens is 4. The molecule has 6 nitrogen and oxygen atoms in total. The van der Waals surface area contributed by atoms with E-state index in [-0.39, 0.29) is 11.7 Å². The molecule has 0 atom stereocenters. The minimum absolute atomic E-state index is 0.219. The molecule has 1 amide bonds. The lowest BCUT2D eigenvalue weighted by molar-refractivity contribution is 0.0949. The van der Waals surface area contributed by atoms with E-state index in [0.717, 1.165) is 23.3 Å². The molecule has 2 N–H and O–H groups in total.